The van der Waals surface area contributed by atoms with Crippen LogP contribution < -0.4 is 10.2 Å². The van der Waals surface area contributed by atoms with Gasteiger partial charge in [0.15, 0.2) is 9.84 Å². The Morgan fingerprint density at radius 2 is 1.88 bits per heavy atom. The Kier molecular flexibility index (Phi) is 6.69. The summed E-state index contributed by atoms with van der Waals surface area (Å²) in [6.07, 6.45) is 4.80. The van der Waals surface area contributed by atoms with Gasteiger partial charge in [-0.15, -0.1) is 0 Å². The maximum Gasteiger partial charge on any atom is 0.254 e. The molecule has 33 heavy (non-hydrogen) atoms. The van der Waals surface area contributed by atoms with Crippen molar-refractivity contribution < 1.29 is 17.6 Å². The molecule has 1 atom stereocenters. The Hall–Kier alpha value is -3.33. The number of sulfone groups is 1. The molecule has 0 aliphatic carbocycles. The normalized spacial score (nSPS) is 16.1. The summed E-state index contributed by atoms with van der Waals surface area (Å²) in [4.78, 5) is 23.6. The number of hydrogen-bond acceptors (Lipinski definition) is 6. The van der Waals surface area contributed by atoms with Crippen LogP contribution in [0, 0.1) is 5.82 Å². The van der Waals surface area contributed by atoms with Gasteiger partial charge < -0.3 is 10.2 Å². The van der Waals surface area contributed by atoms with Gasteiger partial charge in [-0.1, -0.05) is 31.2 Å². The third kappa shape index (κ3) is 5.19. The fourth-order valence-electron chi connectivity index (χ4n) is 3.92. The molecule has 1 amide bonds. The van der Waals surface area contributed by atoms with E-state index in [1.807, 2.05) is 11.0 Å². The Morgan fingerprint density at radius 3 is 2.55 bits per heavy atom. The Labute approximate surface area is 192 Å². The minimum Gasteiger partial charge on any atom is -0.348 e. The highest BCUT2D eigenvalue weighted by atomic mass is 32.2. The van der Waals surface area contributed by atoms with E-state index in [1.165, 1.54) is 24.5 Å². The van der Waals surface area contributed by atoms with Crippen LogP contribution >= 0.6 is 0 Å². The lowest BCUT2D eigenvalue weighted by molar-refractivity contribution is 0.0950. The van der Waals surface area contributed by atoms with E-state index >= 15 is 0 Å². The molecule has 172 valence electrons. The molecule has 0 radical (unpaired) electrons. The molecule has 1 fully saturated rings. The second-order valence-corrected chi connectivity index (χ2v) is 10.2. The van der Waals surface area contributed by atoms with E-state index in [4.69, 9.17) is 0 Å². The number of rotatable bonds is 7. The van der Waals surface area contributed by atoms with Crippen LogP contribution in [0.1, 0.15) is 47.3 Å². The van der Waals surface area contributed by atoms with E-state index in [2.05, 4.69) is 15.3 Å². The molecule has 4 rings (SSSR count). The predicted octanol–water partition coefficient (Wildman–Crippen LogP) is 3.68. The summed E-state index contributed by atoms with van der Waals surface area (Å²) >= 11 is 0. The highest BCUT2D eigenvalue weighted by molar-refractivity contribution is 7.91. The first kappa shape index (κ1) is 22.8. The van der Waals surface area contributed by atoms with Crippen molar-refractivity contribution >= 4 is 21.7 Å². The zero-order chi connectivity index (χ0) is 23.4. The molecule has 0 spiro atoms. The van der Waals surface area contributed by atoms with E-state index in [0.717, 1.165) is 30.5 Å². The number of anilines is 1. The monoisotopic (exact) mass is 468 g/mol. The second kappa shape index (κ2) is 9.66. The fraction of sp³-hybridized carbons (Fsp3) is 0.292. The summed E-state index contributed by atoms with van der Waals surface area (Å²) in [7, 11) is -3.25. The average Bonchev–Trinajstić information content (AvgIpc) is 3.33. The van der Waals surface area contributed by atoms with E-state index in [9.17, 15) is 17.6 Å². The largest absolute Gasteiger partial charge is 0.348 e. The molecule has 0 saturated carbocycles. The summed E-state index contributed by atoms with van der Waals surface area (Å²) in [5.41, 5.74) is 1.99. The Balaban J connectivity index is 1.39. The molecule has 1 aromatic heterocycles. The average molecular weight is 469 g/mol. The van der Waals surface area contributed by atoms with Gasteiger partial charge in [0.2, 0.25) is 5.95 Å². The zero-order valence-corrected chi connectivity index (χ0v) is 19.1. The lowest BCUT2D eigenvalue weighted by atomic mass is 10.0. The number of amides is 1. The van der Waals surface area contributed by atoms with Crippen LogP contribution in [0.15, 0.2) is 65.8 Å². The summed E-state index contributed by atoms with van der Waals surface area (Å²) in [6, 6.07) is 13.0. The molecule has 7 nitrogen and oxygen atoms in total. The molecule has 1 unspecified atom stereocenters. The minimum absolute atomic E-state index is 0.000120. The second-order valence-electron chi connectivity index (χ2n) is 7.91. The minimum atomic E-state index is -3.25. The van der Waals surface area contributed by atoms with Gasteiger partial charge in [0, 0.05) is 25.5 Å². The van der Waals surface area contributed by atoms with Gasteiger partial charge in [-0.05, 0) is 48.2 Å². The van der Waals surface area contributed by atoms with Gasteiger partial charge in [-0.25, -0.2) is 22.8 Å². The smallest absolute Gasteiger partial charge is 0.254 e. The molecular weight excluding hydrogens is 443 g/mol. The van der Waals surface area contributed by atoms with Crippen LogP contribution in [0.3, 0.4) is 0 Å². The molecule has 9 heteroatoms. The molecule has 3 aromatic rings. The molecule has 2 aromatic carbocycles. The summed E-state index contributed by atoms with van der Waals surface area (Å²) in [6.45, 7) is 2.61. The van der Waals surface area contributed by atoms with Gasteiger partial charge in [-0.3, -0.25) is 4.79 Å². The van der Waals surface area contributed by atoms with Crippen molar-refractivity contribution in [2.75, 3.05) is 17.2 Å². The van der Waals surface area contributed by atoms with Gasteiger partial charge in [0.05, 0.1) is 22.3 Å². The quantitative estimate of drug-likeness (QED) is 0.569. The van der Waals surface area contributed by atoms with Crippen molar-refractivity contribution in [1.29, 1.82) is 0 Å². The highest BCUT2D eigenvalue weighted by Gasteiger charge is 2.28. The molecular formula is C24H25FN4O3S. The van der Waals surface area contributed by atoms with Crippen molar-refractivity contribution in [2.24, 2.45) is 0 Å². The predicted molar refractivity (Wildman–Crippen MR) is 123 cm³/mol. The van der Waals surface area contributed by atoms with Crippen LogP contribution in [-0.2, 0) is 16.4 Å². The van der Waals surface area contributed by atoms with E-state index in [1.54, 1.807) is 37.3 Å². The first-order chi connectivity index (χ1) is 15.9. The number of carbonyl (C=O) groups is 1. The summed E-state index contributed by atoms with van der Waals surface area (Å²) in [5, 5.41) is 2.79. The van der Waals surface area contributed by atoms with Gasteiger partial charge >= 0.3 is 0 Å². The molecule has 0 bridgehead atoms. The maximum absolute atomic E-state index is 13.7. The number of carbonyl (C=O) groups excluding carboxylic acids is 1. The number of hydrogen-bond donors (Lipinski definition) is 1. The zero-order valence-electron chi connectivity index (χ0n) is 18.2. The summed E-state index contributed by atoms with van der Waals surface area (Å²) < 4.78 is 37.5. The summed E-state index contributed by atoms with van der Waals surface area (Å²) in [5.74, 6) is -0.0469. The van der Waals surface area contributed by atoms with Crippen LogP contribution in [0.2, 0.25) is 0 Å². The first-order valence-electron chi connectivity index (χ1n) is 10.8. The van der Waals surface area contributed by atoms with Crippen molar-refractivity contribution in [2.45, 2.75) is 37.2 Å². The van der Waals surface area contributed by atoms with Gasteiger partial charge in [-0.2, -0.15) is 0 Å². The number of nitrogens with one attached hydrogen (secondary N) is 1. The van der Waals surface area contributed by atoms with Crippen molar-refractivity contribution in [3.8, 4) is 0 Å². The van der Waals surface area contributed by atoms with Crippen LogP contribution in [0.5, 0.6) is 0 Å². The third-order valence-corrected chi connectivity index (χ3v) is 7.51. The first-order valence-corrected chi connectivity index (χ1v) is 12.5. The number of nitrogens with zero attached hydrogens (tertiary/aromatic N) is 3. The number of halogens is 1. The van der Waals surface area contributed by atoms with Crippen molar-refractivity contribution in [3.63, 3.8) is 0 Å². The van der Waals surface area contributed by atoms with Crippen molar-refractivity contribution in [1.82, 2.24) is 15.3 Å². The molecule has 1 aliphatic heterocycles. The van der Waals surface area contributed by atoms with Crippen molar-refractivity contribution in [3.05, 3.63) is 83.4 Å². The molecule has 1 N–H and O–H groups in total. The topological polar surface area (TPSA) is 92.3 Å². The van der Waals surface area contributed by atoms with Gasteiger partial charge in [0.25, 0.3) is 5.91 Å². The lowest BCUT2D eigenvalue weighted by Crippen LogP contribution is -2.26. The Morgan fingerprint density at radius 1 is 1.15 bits per heavy atom. The standard InChI is InChI=1S/C24H25FN4O3S/c1-2-33(31,32)21-10-8-17(9-11-21)14-26-23(30)19-15-27-24(28-16-19)29-12-4-7-22(29)18-5-3-6-20(25)13-18/h3,5-6,8-11,13,15-16,22H,2,4,7,12,14H2,1H3,(H,26,30). The maximum atomic E-state index is 13.7. The third-order valence-electron chi connectivity index (χ3n) is 5.76. The fourth-order valence-corrected chi connectivity index (χ4v) is 4.80. The highest BCUT2D eigenvalue weighted by Crippen LogP contribution is 2.34. The van der Waals surface area contributed by atoms with Crippen LogP contribution in [0.4, 0.5) is 10.3 Å². The van der Waals surface area contributed by atoms with E-state index in [-0.39, 0.29) is 35.0 Å². The number of aromatic nitrogens is 2. The SMILES string of the molecule is CCS(=O)(=O)c1ccc(CNC(=O)c2cnc(N3CCCC3c3cccc(F)c3)nc2)cc1. The molecule has 2 heterocycles. The lowest BCUT2D eigenvalue weighted by Gasteiger charge is -2.25. The van der Waals surface area contributed by atoms with Crippen LogP contribution in [0.25, 0.3) is 0 Å². The number of benzene rings is 2. The van der Waals surface area contributed by atoms with E-state index in [0.29, 0.717) is 11.5 Å². The van der Waals surface area contributed by atoms with E-state index < -0.39 is 9.84 Å². The van der Waals surface area contributed by atoms with Crippen LogP contribution in [-0.4, -0.2) is 36.6 Å². The molecule has 1 saturated heterocycles. The Bertz CT molecular complexity index is 1230. The van der Waals surface area contributed by atoms with Gasteiger partial charge in [0.1, 0.15) is 5.82 Å². The molecule has 1 aliphatic rings.